The zero-order valence-electron chi connectivity index (χ0n) is 12.8. The number of hydrogen-bond donors (Lipinski definition) is 1. The van der Waals surface area contributed by atoms with Gasteiger partial charge in [-0.2, -0.15) is 0 Å². The third-order valence-electron chi connectivity index (χ3n) is 3.64. The molecular formula is C17H17N3O2. The van der Waals surface area contributed by atoms with Crippen molar-refractivity contribution in [1.82, 2.24) is 9.55 Å². The molecule has 5 heteroatoms. The van der Waals surface area contributed by atoms with Crippen molar-refractivity contribution in [3.05, 3.63) is 53.9 Å². The van der Waals surface area contributed by atoms with Crippen LogP contribution in [0.5, 0.6) is 0 Å². The molecule has 0 aliphatic carbocycles. The van der Waals surface area contributed by atoms with Crippen LogP contribution in [-0.2, 0) is 11.8 Å². The Kier molecular flexibility index (Phi) is 3.55. The van der Waals surface area contributed by atoms with Crippen LogP contribution in [0.15, 0.2) is 42.7 Å². The number of nitrogens with zero attached hydrogens (tertiary/aromatic N) is 2. The fourth-order valence-electron chi connectivity index (χ4n) is 2.67. The van der Waals surface area contributed by atoms with Crippen LogP contribution in [0.1, 0.15) is 15.9 Å². The molecule has 0 aliphatic heterocycles. The van der Waals surface area contributed by atoms with Crippen molar-refractivity contribution >= 4 is 28.4 Å². The van der Waals surface area contributed by atoms with Crippen LogP contribution in [0.4, 0.5) is 11.5 Å². The highest BCUT2D eigenvalue weighted by atomic mass is 16.5. The molecule has 112 valence electrons. The summed E-state index contributed by atoms with van der Waals surface area (Å²) in [6, 6.07) is 9.54. The van der Waals surface area contributed by atoms with Crippen molar-refractivity contribution in [3.8, 4) is 0 Å². The fraction of sp³-hybridized carbons (Fsp3) is 0.176. The lowest BCUT2D eigenvalue weighted by Crippen LogP contribution is -2.07. The first-order valence-corrected chi connectivity index (χ1v) is 6.96. The average molecular weight is 295 g/mol. The molecule has 0 atom stereocenters. The summed E-state index contributed by atoms with van der Waals surface area (Å²) >= 11 is 0. The fourth-order valence-corrected chi connectivity index (χ4v) is 2.67. The highest BCUT2D eigenvalue weighted by Gasteiger charge is 2.13. The van der Waals surface area contributed by atoms with E-state index in [0.717, 1.165) is 16.6 Å². The predicted octanol–water partition coefficient (Wildman–Crippen LogP) is 3.41. The lowest BCUT2D eigenvalue weighted by Gasteiger charge is -2.11. The van der Waals surface area contributed by atoms with Gasteiger partial charge in [-0.25, -0.2) is 9.78 Å². The summed E-state index contributed by atoms with van der Waals surface area (Å²) in [6.45, 7) is 2.06. The van der Waals surface area contributed by atoms with Crippen LogP contribution in [0, 0.1) is 6.92 Å². The van der Waals surface area contributed by atoms with Gasteiger partial charge in [-0.1, -0.05) is 0 Å². The van der Waals surface area contributed by atoms with Gasteiger partial charge in [0.2, 0.25) is 0 Å². The van der Waals surface area contributed by atoms with E-state index in [1.165, 1.54) is 12.6 Å². The Hall–Kier alpha value is -2.82. The zero-order chi connectivity index (χ0) is 15.7. The SMILES string of the molecule is COC(=O)c1cccnc1Nc1cc(C)c2c(ccn2C)c1. The number of ether oxygens (including phenoxy) is 1. The molecule has 1 aromatic carbocycles. The Balaban J connectivity index is 2.02. The summed E-state index contributed by atoms with van der Waals surface area (Å²) < 4.78 is 6.88. The number of carbonyl (C=O) groups excluding carboxylic acids is 1. The first-order valence-electron chi connectivity index (χ1n) is 6.96. The van der Waals surface area contributed by atoms with Crippen molar-refractivity contribution in [1.29, 1.82) is 0 Å². The molecule has 0 spiro atoms. The van der Waals surface area contributed by atoms with Gasteiger partial charge in [0, 0.05) is 30.5 Å². The summed E-state index contributed by atoms with van der Waals surface area (Å²) in [6.07, 6.45) is 3.67. The number of pyridine rings is 1. The number of rotatable bonds is 3. The molecule has 0 amide bonds. The van der Waals surface area contributed by atoms with E-state index in [9.17, 15) is 4.79 Å². The van der Waals surface area contributed by atoms with E-state index < -0.39 is 5.97 Å². The molecule has 3 aromatic rings. The van der Waals surface area contributed by atoms with Crippen molar-refractivity contribution in [2.75, 3.05) is 12.4 Å². The van der Waals surface area contributed by atoms with E-state index in [1.54, 1.807) is 18.3 Å². The molecule has 0 saturated carbocycles. The number of anilines is 2. The second-order valence-corrected chi connectivity index (χ2v) is 5.17. The van der Waals surface area contributed by atoms with Gasteiger partial charge in [-0.3, -0.25) is 0 Å². The highest BCUT2D eigenvalue weighted by Crippen LogP contribution is 2.27. The minimum absolute atomic E-state index is 0.409. The van der Waals surface area contributed by atoms with Gasteiger partial charge in [-0.15, -0.1) is 0 Å². The molecular weight excluding hydrogens is 278 g/mol. The largest absolute Gasteiger partial charge is 0.465 e. The summed E-state index contributed by atoms with van der Waals surface area (Å²) in [5.41, 5.74) is 3.65. The van der Waals surface area contributed by atoms with E-state index >= 15 is 0 Å². The lowest BCUT2D eigenvalue weighted by molar-refractivity contribution is 0.0601. The Morgan fingerprint density at radius 1 is 1.32 bits per heavy atom. The molecule has 0 fully saturated rings. The highest BCUT2D eigenvalue weighted by molar-refractivity contribution is 5.96. The van der Waals surface area contributed by atoms with Crippen LogP contribution in [0.3, 0.4) is 0 Å². The smallest absolute Gasteiger partial charge is 0.341 e. The zero-order valence-corrected chi connectivity index (χ0v) is 12.8. The maximum atomic E-state index is 11.8. The van der Waals surface area contributed by atoms with Gasteiger partial charge in [0.25, 0.3) is 0 Å². The number of nitrogens with one attached hydrogen (secondary N) is 1. The van der Waals surface area contributed by atoms with Crippen molar-refractivity contribution < 1.29 is 9.53 Å². The molecule has 0 unspecified atom stereocenters. The minimum atomic E-state index is -0.409. The standard InChI is InChI=1S/C17H17N3O2/c1-11-9-13(10-12-6-8-20(2)15(11)12)19-16-14(17(21)22-3)5-4-7-18-16/h4-10H,1-3H3,(H,18,19). The number of aromatic nitrogens is 2. The lowest BCUT2D eigenvalue weighted by atomic mass is 10.1. The van der Waals surface area contributed by atoms with E-state index in [2.05, 4.69) is 27.9 Å². The van der Waals surface area contributed by atoms with Gasteiger partial charge in [-0.05, 0) is 42.8 Å². The van der Waals surface area contributed by atoms with Gasteiger partial charge in [0.1, 0.15) is 11.4 Å². The van der Waals surface area contributed by atoms with Gasteiger partial charge >= 0.3 is 5.97 Å². The third kappa shape index (κ3) is 2.41. The summed E-state index contributed by atoms with van der Waals surface area (Å²) in [4.78, 5) is 16.0. The number of carbonyl (C=O) groups is 1. The Morgan fingerprint density at radius 2 is 2.14 bits per heavy atom. The first kappa shape index (κ1) is 14.1. The van der Waals surface area contributed by atoms with Crippen LogP contribution >= 0.6 is 0 Å². The summed E-state index contributed by atoms with van der Waals surface area (Å²) in [7, 11) is 3.38. The normalized spacial score (nSPS) is 10.7. The van der Waals surface area contributed by atoms with Crippen LogP contribution in [0.2, 0.25) is 0 Å². The Morgan fingerprint density at radius 3 is 2.91 bits per heavy atom. The van der Waals surface area contributed by atoms with Crippen LogP contribution < -0.4 is 5.32 Å². The molecule has 0 bridgehead atoms. The second-order valence-electron chi connectivity index (χ2n) is 5.17. The second kappa shape index (κ2) is 5.52. The van der Waals surface area contributed by atoms with Crippen LogP contribution in [0.25, 0.3) is 10.9 Å². The molecule has 0 aliphatic rings. The quantitative estimate of drug-likeness (QED) is 0.752. The van der Waals surface area contributed by atoms with E-state index in [-0.39, 0.29) is 0 Å². The number of fused-ring (bicyclic) bond motifs is 1. The van der Waals surface area contributed by atoms with Gasteiger partial charge in [0.15, 0.2) is 0 Å². The number of aryl methyl sites for hydroxylation is 2. The number of esters is 1. The molecule has 0 saturated heterocycles. The number of benzene rings is 1. The van der Waals surface area contributed by atoms with Crippen molar-refractivity contribution in [2.24, 2.45) is 7.05 Å². The summed E-state index contributed by atoms with van der Waals surface area (Å²) in [5, 5.41) is 4.35. The Bertz CT molecular complexity index is 852. The maximum Gasteiger partial charge on any atom is 0.341 e. The first-order chi connectivity index (χ1) is 10.6. The van der Waals surface area contributed by atoms with Gasteiger partial charge in [0.05, 0.1) is 12.6 Å². The maximum absolute atomic E-state index is 11.8. The third-order valence-corrected chi connectivity index (χ3v) is 3.64. The molecule has 2 aromatic heterocycles. The molecule has 2 heterocycles. The van der Waals surface area contributed by atoms with Crippen molar-refractivity contribution in [3.63, 3.8) is 0 Å². The number of methoxy groups -OCH3 is 1. The topological polar surface area (TPSA) is 56.1 Å². The molecule has 5 nitrogen and oxygen atoms in total. The minimum Gasteiger partial charge on any atom is -0.465 e. The molecule has 22 heavy (non-hydrogen) atoms. The molecule has 1 N–H and O–H groups in total. The average Bonchev–Trinajstić information content (AvgIpc) is 2.89. The van der Waals surface area contributed by atoms with Crippen molar-refractivity contribution in [2.45, 2.75) is 6.92 Å². The van der Waals surface area contributed by atoms with Crippen LogP contribution in [-0.4, -0.2) is 22.6 Å². The Labute approximate surface area is 128 Å². The number of hydrogen-bond acceptors (Lipinski definition) is 4. The summed E-state index contributed by atoms with van der Waals surface area (Å²) in [5.74, 6) is 0.0807. The molecule has 0 radical (unpaired) electrons. The van der Waals surface area contributed by atoms with E-state index in [0.29, 0.717) is 11.4 Å². The monoisotopic (exact) mass is 295 g/mol. The molecule has 3 rings (SSSR count). The van der Waals surface area contributed by atoms with E-state index in [1.807, 2.05) is 25.4 Å². The predicted molar refractivity (Wildman–Crippen MR) is 86.5 cm³/mol. The van der Waals surface area contributed by atoms with Gasteiger partial charge < -0.3 is 14.6 Å². The van der Waals surface area contributed by atoms with E-state index in [4.69, 9.17) is 4.74 Å².